The average molecular weight is 159 g/mol. The number of hydrogen-bond donors (Lipinski definition) is 0. The van der Waals surface area contributed by atoms with Crippen molar-refractivity contribution in [1.82, 2.24) is 0 Å². The Labute approximate surface area is 69.9 Å². The molecule has 0 bridgehead atoms. The van der Waals surface area contributed by atoms with Crippen molar-refractivity contribution in [1.29, 1.82) is 0 Å². The van der Waals surface area contributed by atoms with Crippen molar-refractivity contribution < 1.29 is 9.47 Å². The number of ether oxygens (including phenoxy) is 2. The van der Waals surface area contributed by atoms with E-state index in [1.165, 1.54) is 0 Å². The SMILES string of the molecule is [CH2]C(C)OCC(C)OCCC. The third-order valence-electron chi connectivity index (χ3n) is 1.22. The monoisotopic (exact) mass is 159 g/mol. The van der Waals surface area contributed by atoms with Gasteiger partial charge in [0.2, 0.25) is 0 Å². The molecule has 0 amide bonds. The van der Waals surface area contributed by atoms with Crippen LogP contribution in [0.5, 0.6) is 0 Å². The maximum Gasteiger partial charge on any atom is 0.0780 e. The van der Waals surface area contributed by atoms with E-state index in [2.05, 4.69) is 13.8 Å². The minimum Gasteiger partial charge on any atom is -0.376 e. The normalized spacial score (nSPS) is 13.9. The van der Waals surface area contributed by atoms with E-state index in [1.807, 2.05) is 13.8 Å². The van der Waals surface area contributed by atoms with Gasteiger partial charge in [0.1, 0.15) is 0 Å². The van der Waals surface area contributed by atoms with Gasteiger partial charge in [-0.05, 0) is 27.2 Å². The van der Waals surface area contributed by atoms with E-state index < -0.39 is 0 Å². The lowest BCUT2D eigenvalue weighted by atomic mass is 10.4. The second-order valence-electron chi connectivity index (χ2n) is 2.83. The molecular weight excluding hydrogens is 140 g/mol. The first-order valence-corrected chi connectivity index (χ1v) is 4.23. The van der Waals surface area contributed by atoms with Gasteiger partial charge < -0.3 is 9.47 Å². The van der Waals surface area contributed by atoms with Crippen LogP contribution in [0.1, 0.15) is 27.2 Å². The molecule has 0 N–H and O–H groups in total. The average Bonchev–Trinajstić information content (AvgIpc) is 1.97. The number of hydrogen-bond acceptors (Lipinski definition) is 2. The molecule has 0 heterocycles. The second kappa shape index (κ2) is 6.62. The minimum absolute atomic E-state index is 0.0580. The molecule has 0 saturated heterocycles. The molecule has 0 saturated carbocycles. The Kier molecular flexibility index (Phi) is 6.57. The summed E-state index contributed by atoms with van der Waals surface area (Å²) in [6.07, 6.45) is 1.31. The summed E-state index contributed by atoms with van der Waals surface area (Å²) in [5.41, 5.74) is 0. The van der Waals surface area contributed by atoms with Gasteiger partial charge in [-0.15, -0.1) is 0 Å². The predicted molar refractivity (Wildman–Crippen MR) is 46.5 cm³/mol. The molecule has 0 aliphatic rings. The molecule has 2 nitrogen and oxygen atoms in total. The third-order valence-corrected chi connectivity index (χ3v) is 1.22. The van der Waals surface area contributed by atoms with Crippen molar-refractivity contribution in [3.8, 4) is 0 Å². The highest BCUT2D eigenvalue weighted by Gasteiger charge is 2.02. The van der Waals surface area contributed by atoms with Crippen LogP contribution in [0.4, 0.5) is 0 Å². The predicted octanol–water partition coefficient (Wildman–Crippen LogP) is 2.04. The fourth-order valence-electron chi connectivity index (χ4n) is 0.667. The lowest BCUT2D eigenvalue weighted by Gasteiger charge is -2.14. The molecule has 0 spiro atoms. The van der Waals surface area contributed by atoms with E-state index in [1.54, 1.807) is 0 Å². The van der Waals surface area contributed by atoms with Gasteiger partial charge in [0.25, 0.3) is 0 Å². The van der Waals surface area contributed by atoms with Gasteiger partial charge in [0, 0.05) is 6.61 Å². The molecule has 1 radical (unpaired) electrons. The van der Waals surface area contributed by atoms with Crippen LogP contribution in [0.25, 0.3) is 0 Å². The molecular formula is C9H19O2. The molecule has 0 rings (SSSR count). The lowest BCUT2D eigenvalue weighted by Crippen LogP contribution is -2.19. The summed E-state index contributed by atoms with van der Waals surface area (Å²) in [4.78, 5) is 0. The van der Waals surface area contributed by atoms with Gasteiger partial charge in [-0.2, -0.15) is 0 Å². The van der Waals surface area contributed by atoms with Crippen molar-refractivity contribution in [3.05, 3.63) is 6.92 Å². The van der Waals surface area contributed by atoms with E-state index in [-0.39, 0.29) is 12.2 Å². The Bertz CT molecular complexity index is 81.6. The molecule has 2 unspecified atom stereocenters. The minimum atomic E-state index is 0.0580. The molecule has 0 fully saturated rings. The zero-order valence-corrected chi connectivity index (χ0v) is 7.80. The Morgan fingerprint density at radius 2 is 1.91 bits per heavy atom. The molecule has 0 aromatic heterocycles. The molecule has 0 aliphatic heterocycles. The molecule has 0 aliphatic carbocycles. The van der Waals surface area contributed by atoms with Crippen LogP contribution in [0.2, 0.25) is 0 Å². The fraction of sp³-hybridized carbons (Fsp3) is 0.889. The molecule has 2 atom stereocenters. The van der Waals surface area contributed by atoms with Gasteiger partial charge in [-0.3, -0.25) is 0 Å². The first-order valence-electron chi connectivity index (χ1n) is 4.23. The fourth-order valence-corrected chi connectivity index (χ4v) is 0.667. The number of rotatable bonds is 6. The highest BCUT2D eigenvalue weighted by molar-refractivity contribution is 4.53. The zero-order valence-electron chi connectivity index (χ0n) is 7.80. The molecule has 11 heavy (non-hydrogen) atoms. The summed E-state index contributed by atoms with van der Waals surface area (Å²) < 4.78 is 10.7. The first-order chi connectivity index (χ1) is 5.16. The Morgan fingerprint density at radius 3 is 2.36 bits per heavy atom. The Hall–Kier alpha value is -0.0800. The largest absolute Gasteiger partial charge is 0.376 e. The van der Waals surface area contributed by atoms with Crippen LogP contribution in [0.15, 0.2) is 0 Å². The highest BCUT2D eigenvalue weighted by Crippen LogP contribution is 1.96. The first kappa shape index (κ1) is 10.9. The van der Waals surface area contributed by atoms with Crippen molar-refractivity contribution in [2.75, 3.05) is 13.2 Å². The highest BCUT2D eigenvalue weighted by atomic mass is 16.5. The summed E-state index contributed by atoms with van der Waals surface area (Å²) in [7, 11) is 0. The van der Waals surface area contributed by atoms with Crippen LogP contribution in [-0.4, -0.2) is 25.4 Å². The summed E-state index contributed by atoms with van der Waals surface area (Å²) in [5, 5.41) is 0. The van der Waals surface area contributed by atoms with Crippen molar-refractivity contribution >= 4 is 0 Å². The topological polar surface area (TPSA) is 18.5 Å². The standard InChI is InChI=1S/C9H19O2/c1-5-6-10-9(4)7-11-8(2)3/h8-9H,2,5-7H2,1,3-4H3. The van der Waals surface area contributed by atoms with E-state index in [9.17, 15) is 0 Å². The van der Waals surface area contributed by atoms with E-state index >= 15 is 0 Å². The zero-order chi connectivity index (χ0) is 8.69. The van der Waals surface area contributed by atoms with Gasteiger partial charge in [-0.1, -0.05) is 6.92 Å². The molecule has 0 aromatic rings. The lowest BCUT2D eigenvalue weighted by molar-refractivity contribution is -0.0198. The van der Waals surface area contributed by atoms with E-state index in [0.29, 0.717) is 6.61 Å². The summed E-state index contributed by atoms with van der Waals surface area (Å²) in [6.45, 7) is 11.2. The molecule has 67 valence electrons. The summed E-state index contributed by atoms with van der Waals surface area (Å²) in [6, 6.07) is 0. The smallest absolute Gasteiger partial charge is 0.0780 e. The quantitative estimate of drug-likeness (QED) is 0.590. The van der Waals surface area contributed by atoms with Gasteiger partial charge in [0.15, 0.2) is 0 Å². The van der Waals surface area contributed by atoms with Crippen molar-refractivity contribution in [2.45, 2.75) is 39.4 Å². The van der Waals surface area contributed by atoms with Crippen LogP contribution in [0, 0.1) is 6.92 Å². The summed E-state index contributed by atoms with van der Waals surface area (Å²) in [5.74, 6) is 0. The van der Waals surface area contributed by atoms with Crippen LogP contribution in [0.3, 0.4) is 0 Å². The van der Waals surface area contributed by atoms with Crippen LogP contribution < -0.4 is 0 Å². The van der Waals surface area contributed by atoms with Gasteiger partial charge in [0.05, 0.1) is 18.8 Å². The van der Waals surface area contributed by atoms with Crippen molar-refractivity contribution in [3.63, 3.8) is 0 Å². The van der Waals surface area contributed by atoms with Gasteiger partial charge >= 0.3 is 0 Å². The van der Waals surface area contributed by atoms with Crippen molar-refractivity contribution in [2.24, 2.45) is 0 Å². The Morgan fingerprint density at radius 1 is 1.27 bits per heavy atom. The van der Waals surface area contributed by atoms with E-state index in [4.69, 9.17) is 9.47 Å². The molecule has 2 heteroatoms. The Balaban J connectivity index is 3.15. The third kappa shape index (κ3) is 7.82. The second-order valence-corrected chi connectivity index (χ2v) is 2.83. The van der Waals surface area contributed by atoms with Crippen LogP contribution >= 0.6 is 0 Å². The summed E-state index contributed by atoms with van der Waals surface area (Å²) >= 11 is 0. The maximum atomic E-state index is 5.39. The van der Waals surface area contributed by atoms with E-state index in [0.717, 1.165) is 13.0 Å². The molecule has 0 aromatic carbocycles. The van der Waals surface area contributed by atoms with Gasteiger partial charge in [-0.25, -0.2) is 0 Å². The maximum absolute atomic E-state index is 5.39. The van der Waals surface area contributed by atoms with Crippen LogP contribution in [-0.2, 0) is 9.47 Å².